The highest BCUT2D eigenvalue weighted by Gasteiger charge is 2.36. The van der Waals surface area contributed by atoms with Crippen molar-refractivity contribution >= 4 is 11.6 Å². The van der Waals surface area contributed by atoms with E-state index in [0.29, 0.717) is 44.6 Å². The van der Waals surface area contributed by atoms with Gasteiger partial charge >= 0.3 is 0 Å². The van der Waals surface area contributed by atoms with Crippen LogP contribution >= 0.6 is 0 Å². The molecule has 3 rings (SSSR count). The van der Waals surface area contributed by atoms with Crippen LogP contribution in [0.2, 0.25) is 0 Å². The predicted octanol–water partition coefficient (Wildman–Crippen LogP) is 0.918. The lowest BCUT2D eigenvalue weighted by atomic mass is 9.90. The summed E-state index contributed by atoms with van der Waals surface area (Å²) in [6.07, 6.45) is 1.54. The van der Waals surface area contributed by atoms with E-state index >= 15 is 0 Å². The Bertz CT molecular complexity index is 556. The van der Waals surface area contributed by atoms with Crippen molar-refractivity contribution in [3.8, 4) is 0 Å². The first-order valence-corrected chi connectivity index (χ1v) is 7.29. The number of hydrogen-bond donors (Lipinski definition) is 3. The van der Waals surface area contributed by atoms with Gasteiger partial charge in [-0.1, -0.05) is 6.07 Å². The maximum absolute atomic E-state index is 14.5. The second kappa shape index (κ2) is 5.71. The molecule has 1 aromatic rings. The summed E-state index contributed by atoms with van der Waals surface area (Å²) in [5.41, 5.74) is 7.00. The van der Waals surface area contributed by atoms with Crippen molar-refractivity contribution in [2.45, 2.75) is 31.3 Å². The molecule has 5 nitrogen and oxygen atoms in total. The maximum Gasteiger partial charge on any atom is 0.244 e. The molecular weight excluding hydrogens is 273 g/mol. The molecule has 0 spiro atoms. The zero-order valence-corrected chi connectivity index (χ0v) is 11.9. The van der Waals surface area contributed by atoms with Gasteiger partial charge in [0.2, 0.25) is 5.91 Å². The summed E-state index contributed by atoms with van der Waals surface area (Å²) in [4.78, 5) is 12.3. The highest BCUT2D eigenvalue weighted by molar-refractivity contribution is 5.98. The quantitative estimate of drug-likeness (QED) is 0.758. The molecule has 0 bridgehead atoms. The molecule has 21 heavy (non-hydrogen) atoms. The first kappa shape index (κ1) is 14.4. The summed E-state index contributed by atoms with van der Waals surface area (Å²) in [7, 11) is 0. The van der Waals surface area contributed by atoms with E-state index in [2.05, 4.69) is 10.6 Å². The van der Waals surface area contributed by atoms with E-state index in [9.17, 15) is 9.18 Å². The molecule has 0 aromatic heterocycles. The Hall–Kier alpha value is -1.50. The third-order valence-corrected chi connectivity index (χ3v) is 4.29. The number of nitrogens with one attached hydrogen (secondary N) is 2. The fourth-order valence-electron chi connectivity index (χ4n) is 2.84. The van der Waals surface area contributed by atoms with Crippen molar-refractivity contribution < 1.29 is 13.9 Å². The Labute approximate surface area is 123 Å². The average Bonchev–Trinajstić information content (AvgIpc) is 2.51. The lowest BCUT2D eigenvalue weighted by Crippen LogP contribution is -2.54. The highest BCUT2D eigenvalue weighted by atomic mass is 19.1. The lowest BCUT2D eigenvalue weighted by Gasteiger charge is -2.32. The van der Waals surface area contributed by atoms with Gasteiger partial charge < -0.3 is 21.1 Å². The molecule has 1 fully saturated rings. The van der Waals surface area contributed by atoms with Gasteiger partial charge in [0.05, 0.1) is 5.69 Å². The van der Waals surface area contributed by atoms with Gasteiger partial charge in [-0.15, -0.1) is 0 Å². The third kappa shape index (κ3) is 2.79. The van der Waals surface area contributed by atoms with Crippen molar-refractivity contribution in [3.63, 3.8) is 0 Å². The molecule has 6 heteroatoms. The van der Waals surface area contributed by atoms with E-state index in [-0.39, 0.29) is 17.4 Å². The first-order valence-electron chi connectivity index (χ1n) is 7.29. The minimum Gasteiger partial charge on any atom is -0.381 e. The fraction of sp³-hybridized carbons (Fsp3) is 0.533. The Balaban J connectivity index is 1.80. The molecule has 2 aliphatic heterocycles. The van der Waals surface area contributed by atoms with Crippen molar-refractivity contribution in [3.05, 3.63) is 29.1 Å². The Kier molecular flexibility index (Phi) is 3.93. The molecule has 1 amide bonds. The number of hydrogen-bond acceptors (Lipinski definition) is 4. The molecule has 2 aliphatic rings. The van der Waals surface area contributed by atoms with E-state index in [1.165, 1.54) is 0 Å². The van der Waals surface area contributed by atoms with Gasteiger partial charge in [-0.2, -0.15) is 0 Å². The topological polar surface area (TPSA) is 76.4 Å². The van der Waals surface area contributed by atoms with Gasteiger partial charge in [0.15, 0.2) is 0 Å². The number of carbonyl (C=O) groups is 1. The summed E-state index contributed by atoms with van der Waals surface area (Å²) in [6.45, 7) is 2.34. The summed E-state index contributed by atoms with van der Waals surface area (Å²) in [5.74, 6) is -0.670. The molecule has 1 saturated heterocycles. The molecular formula is C15H20FN3O2. The number of ether oxygens (including phenoxy) is 1. The van der Waals surface area contributed by atoms with Crippen LogP contribution in [-0.2, 0) is 22.5 Å². The SMILES string of the molecule is NC1(C(=O)Nc2ccc3c(c2F)CCNC3)CCOCC1. The zero-order chi connectivity index (χ0) is 14.9. The second-order valence-corrected chi connectivity index (χ2v) is 5.71. The standard InChI is InChI=1S/C15H20FN3O2/c16-13-11-3-6-18-9-10(11)1-2-12(13)19-14(20)15(17)4-7-21-8-5-15/h1-2,18H,3-9,17H2,(H,19,20). The van der Waals surface area contributed by atoms with Gasteiger partial charge in [-0.05, 0) is 43.0 Å². The van der Waals surface area contributed by atoms with Gasteiger partial charge in [0, 0.05) is 19.8 Å². The van der Waals surface area contributed by atoms with Crippen LogP contribution in [0.4, 0.5) is 10.1 Å². The van der Waals surface area contributed by atoms with Crippen molar-refractivity contribution in [2.75, 3.05) is 25.1 Å². The normalized spacial score (nSPS) is 20.7. The number of halogens is 1. The van der Waals surface area contributed by atoms with Gasteiger partial charge in [-0.3, -0.25) is 4.79 Å². The van der Waals surface area contributed by atoms with Gasteiger partial charge in [0.25, 0.3) is 0 Å². The predicted molar refractivity (Wildman–Crippen MR) is 77.4 cm³/mol. The van der Waals surface area contributed by atoms with Gasteiger partial charge in [-0.25, -0.2) is 4.39 Å². The number of anilines is 1. The maximum atomic E-state index is 14.5. The van der Waals surface area contributed by atoms with E-state index in [0.717, 1.165) is 12.1 Å². The minimum atomic E-state index is -0.970. The Morgan fingerprint density at radius 1 is 1.38 bits per heavy atom. The number of rotatable bonds is 2. The van der Waals surface area contributed by atoms with Crippen molar-refractivity contribution in [1.29, 1.82) is 0 Å². The Morgan fingerprint density at radius 2 is 2.14 bits per heavy atom. The van der Waals surface area contributed by atoms with Crippen LogP contribution in [0.1, 0.15) is 24.0 Å². The molecule has 114 valence electrons. The molecule has 0 unspecified atom stereocenters. The molecule has 1 aromatic carbocycles. The monoisotopic (exact) mass is 293 g/mol. The van der Waals surface area contributed by atoms with E-state index < -0.39 is 5.54 Å². The van der Waals surface area contributed by atoms with Gasteiger partial charge in [0.1, 0.15) is 11.4 Å². The summed E-state index contributed by atoms with van der Waals surface area (Å²) in [5, 5.41) is 5.85. The smallest absolute Gasteiger partial charge is 0.244 e. The van der Waals surface area contributed by atoms with E-state index in [1.54, 1.807) is 6.07 Å². The first-order chi connectivity index (χ1) is 10.1. The molecule has 4 N–H and O–H groups in total. The molecule has 0 aliphatic carbocycles. The van der Waals surface area contributed by atoms with Crippen LogP contribution in [0.15, 0.2) is 12.1 Å². The molecule has 2 heterocycles. The van der Waals surface area contributed by atoms with Crippen LogP contribution in [-0.4, -0.2) is 31.2 Å². The van der Waals surface area contributed by atoms with Crippen LogP contribution in [0.3, 0.4) is 0 Å². The number of benzene rings is 1. The molecule has 0 saturated carbocycles. The highest BCUT2D eigenvalue weighted by Crippen LogP contribution is 2.26. The summed E-state index contributed by atoms with van der Waals surface area (Å²) in [6, 6.07) is 3.47. The van der Waals surface area contributed by atoms with Crippen LogP contribution in [0, 0.1) is 5.82 Å². The Morgan fingerprint density at radius 3 is 2.90 bits per heavy atom. The van der Waals surface area contributed by atoms with E-state index in [1.807, 2.05) is 6.07 Å². The third-order valence-electron chi connectivity index (χ3n) is 4.29. The van der Waals surface area contributed by atoms with Crippen LogP contribution in [0.5, 0.6) is 0 Å². The molecule has 0 radical (unpaired) electrons. The summed E-state index contributed by atoms with van der Waals surface area (Å²) >= 11 is 0. The lowest BCUT2D eigenvalue weighted by molar-refractivity contribution is -0.124. The van der Waals surface area contributed by atoms with Crippen LogP contribution in [0.25, 0.3) is 0 Å². The number of nitrogens with two attached hydrogens (primary N) is 1. The van der Waals surface area contributed by atoms with Crippen molar-refractivity contribution in [1.82, 2.24) is 5.32 Å². The fourth-order valence-corrected chi connectivity index (χ4v) is 2.84. The number of carbonyl (C=O) groups excluding carboxylic acids is 1. The second-order valence-electron chi connectivity index (χ2n) is 5.71. The average molecular weight is 293 g/mol. The largest absolute Gasteiger partial charge is 0.381 e. The van der Waals surface area contributed by atoms with Crippen molar-refractivity contribution in [2.24, 2.45) is 5.73 Å². The minimum absolute atomic E-state index is 0.219. The summed E-state index contributed by atoms with van der Waals surface area (Å²) < 4.78 is 19.7. The number of fused-ring (bicyclic) bond motifs is 1. The molecule has 0 atom stereocenters. The number of amides is 1. The van der Waals surface area contributed by atoms with Crippen LogP contribution < -0.4 is 16.4 Å². The van der Waals surface area contributed by atoms with E-state index in [4.69, 9.17) is 10.5 Å². The zero-order valence-electron chi connectivity index (χ0n) is 11.9.